The minimum atomic E-state index is 0.622. The lowest BCUT2D eigenvalue weighted by molar-refractivity contribution is 0.734. The van der Waals surface area contributed by atoms with E-state index in [-0.39, 0.29) is 0 Å². The van der Waals surface area contributed by atoms with Crippen molar-refractivity contribution in [3.63, 3.8) is 0 Å². The topological polar surface area (TPSA) is 4.93 Å². The minimum Gasteiger partial charge on any atom is -0.341 e. The SMILES string of the molecule is CCC(C)c1ccc2c(c1)c1cc(C(C)CC)ccc1n2CC. The van der Waals surface area contributed by atoms with Crippen LogP contribution in [0.1, 0.15) is 70.4 Å². The molecule has 2 aromatic carbocycles. The summed E-state index contributed by atoms with van der Waals surface area (Å²) in [6.07, 6.45) is 2.38. The van der Waals surface area contributed by atoms with Gasteiger partial charge in [-0.2, -0.15) is 0 Å². The number of nitrogens with zero attached hydrogens (tertiary/aromatic N) is 1. The first-order chi connectivity index (χ1) is 11.1. The molecule has 1 heterocycles. The van der Waals surface area contributed by atoms with Gasteiger partial charge < -0.3 is 4.57 Å². The molecule has 23 heavy (non-hydrogen) atoms. The maximum atomic E-state index is 2.45. The van der Waals surface area contributed by atoms with E-state index in [1.807, 2.05) is 0 Å². The molecule has 1 heteroatoms. The van der Waals surface area contributed by atoms with Crippen molar-refractivity contribution in [3.8, 4) is 0 Å². The van der Waals surface area contributed by atoms with Crippen LogP contribution in [0.15, 0.2) is 36.4 Å². The third kappa shape index (κ3) is 2.67. The van der Waals surface area contributed by atoms with Crippen molar-refractivity contribution in [2.75, 3.05) is 0 Å². The predicted molar refractivity (Wildman–Crippen MR) is 103 cm³/mol. The molecule has 0 aliphatic heterocycles. The second kappa shape index (κ2) is 6.39. The van der Waals surface area contributed by atoms with E-state index in [4.69, 9.17) is 0 Å². The molecular formula is C22H29N. The van der Waals surface area contributed by atoms with Gasteiger partial charge in [0.15, 0.2) is 0 Å². The molecule has 0 spiro atoms. The van der Waals surface area contributed by atoms with Gasteiger partial charge in [-0.25, -0.2) is 0 Å². The molecular weight excluding hydrogens is 278 g/mol. The zero-order chi connectivity index (χ0) is 16.6. The zero-order valence-corrected chi connectivity index (χ0v) is 15.2. The second-order valence-electron chi connectivity index (χ2n) is 6.92. The van der Waals surface area contributed by atoms with Gasteiger partial charge in [0.25, 0.3) is 0 Å². The number of aryl methyl sites for hydroxylation is 1. The van der Waals surface area contributed by atoms with Crippen LogP contribution >= 0.6 is 0 Å². The Morgan fingerprint density at radius 2 is 1.17 bits per heavy atom. The third-order valence-corrected chi connectivity index (χ3v) is 5.59. The highest BCUT2D eigenvalue weighted by atomic mass is 15.0. The highest BCUT2D eigenvalue weighted by Crippen LogP contribution is 2.34. The summed E-state index contributed by atoms with van der Waals surface area (Å²) in [4.78, 5) is 0. The lowest BCUT2D eigenvalue weighted by Crippen LogP contribution is -1.95. The first-order valence-corrected chi connectivity index (χ1v) is 9.16. The Kier molecular flexibility index (Phi) is 4.48. The molecule has 0 amide bonds. The molecule has 0 N–H and O–H groups in total. The summed E-state index contributed by atoms with van der Waals surface area (Å²) in [5, 5.41) is 2.84. The lowest BCUT2D eigenvalue weighted by Gasteiger charge is -2.10. The summed E-state index contributed by atoms with van der Waals surface area (Å²) >= 11 is 0. The molecule has 0 aliphatic rings. The predicted octanol–water partition coefficient (Wildman–Crippen LogP) is 6.84. The first kappa shape index (κ1) is 16.1. The van der Waals surface area contributed by atoms with E-state index in [0.29, 0.717) is 11.8 Å². The van der Waals surface area contributed by atoms with Crippen LogP contribution in [0.5, 0.6) is 0 Å². The molecule has 0 bridgehead atoms. The van der Waals surface area contributed by atoms with Crippen LogP contribution in [-0.4, -0.2) is 4.57 Å². The highest BCUT2D eigenvalue weighted by molar-refractivity contribution is 6.08. The van der Waals surface area contributed by atoms with Crippen LogP contribution in [0.3, 0.4) is 0 Å². The number of fused-ring (bicyclic) bond motifs is 3. The van der Waals surface area contributed by atoms with Gasteiger partial charge in [-0.15, -0.1) is 0 Å². The largest absolute Gasteiger partial charge is 0.341 e. The molecule has 0 saturated carbocycles. The van der Waals surface area contributed by atoms with Gasteiger partial charge >= 0.3 is 0 Å². The van der Waals surface area contributed by atoms with Crippen molar-refractivity contribution >= 4 is 21.8 Å². The summed E-state index contributed by atoms with van der Waals surface area (Å²) in [5.41, 5.74) is 5.67. The molecule has 1 aromatic heterocycles. The van der Waals surface area contributed by atoms with E-state index >= 15 is 0 Å². The summed E-state index contributed by atoms with van der Waals surface area (Å²) in [5.74, 6) is 1.24. The normalized spacial score (nSPS) is 14.5. The fraction of sp³-hybridized carbons (Fsp3) is 0.455. The van der Waals surface area contributed by atoms with Crippen LogP contribution in [0.25, 0.3) is 21.8 Å². The molecule has 0 saturated heterocycles. The molecule has 2 atom stereocenters. The molecule has 3 rings (SSSR count). The van der Waals surface area contributed by atoms with Crippen LogP contribution < -0.4 is 0 Å². The summed E-state index contributed by atoms with van der Waals surface area (Å²) in [6, 6.07) is 14.1. The van der Waals surface area contributed by atoms with Gasteiger partial charge in [-0.3, -0.25) is 0 Å². The molecule has 122 valence electrons. The smallest absolute Gasteiger partial charge is 0.0491 e. The number of hydrogen-bond acceptors (Lipinski definition) is 0. The first-order valence-electron chi connectivity index (χ1n) is 9.16. The van der Waals surface area contributed by atoms with Crippen LogP contribution in [0, 0.1) is 0 Å². The fourth-order valence-electron chi connectivity index (χ4n) is 3.56. The van der Waals surface area contributed by atoms with E-state index in [2.05, 4.69) is 75.6 Å². The van der Waals surface area contributed by atoms with Gasteiger partial charge in [0.05, 0.1) is 0 Å². The van der Waals surface area contributed by atoms with Crippen molar-refractivity contribution < 1.29 is 0 Å². The van der Waals surface area contributed by atoms with Crippen LogP contribution in [0.4, 0.5) is 0 Å². The Hall–Kier alpha value is -1.76. The zero-order valence-electron chi connectivity index (χ0n) is 15.2. The second-order valence-corrected chi connectivity index (χ2v) is 6.92. The van der Waals surface area contributed by atoms with E-state index in [1.165, 1.54) is 45.8 Å². The average Bonchev–Trinajstić information content (AvgIpc) is 2.92. The van der Waals surface area contributed by atoms with Crippen LogP contribution in [-0.2, 0) is 6.54 Å². The number of benzene rings is 2. The molecule has 3 aromatic rings. The summed E-state index contributed by atoms with van der Waals surface area (Å²) < 4.78 is 2.45. The molecule has 0 fully saturated rings. The number of aromatic nitrogens is 1. The Labute approximate surface area is 140 Å². The van der Waals surface area contributed by atoms with Crippen molar-refractivity contribution in [3.05, 3.63) is 47.5 Å². The Balaban J connectivity index is 2.30. The maximum absolute atomic E-state index is 2.45. The van der Waals surface area contributed by atoms with Gasteiger partial charge in [-0.05, 0) is 67.0 Å². The highest BCUT2D eigenvalue weighted by Gasteiger charge is 2.13. The molecule has 1 nitrogen and oxygen atoms in total. The molecule has 0 radical (unpaired) electrons. The molecule has 2 unspecified atom stereocenters. The van der Waals surface area contributed by atoms with Crippen molar-refractivity contribution in [2.45, 2.75) is 65.8 Å². The maximum Gasteiger partial charge on any atom is 0.0491 e. The van der Waals surface area contributed by atoms with E-state index in [1.54, 1.807) is 0 Å². The van der Waals surface area contributed by atoms with Crippen molar-refractivity contribution in [2.24, 2.45) is 0 Å². The van der Waals surface area contributed by atoms with Gasteiger partial charge in [0, 0.05) is 28.4 Å². The quantitative estimate of drug-likeness (QED) is 0.486. The summed E-state index contributed by atoms with van der Waals surface area (Å²) in [6.45, 7) is 12.4. The fourth-order valence-corrected chi connectivity index (χ4v) is 3.56. The average molecular weight is 307 g/mol. The lowest BCUT2D eigenvalue weighted by atomic mass is 9.95. The Bertz CT molecular complexity index is 757. The minimum absolute atomic E-state index is 0.622. The van der Waals surface area contributed by atoms with Gasteiger partial charge in [0.2, 0.25) is 0 Å². The van der Waals surface area contributed by atoms with Crippen molar-refractivity contribution in [1.82, 2.24) is 4.57 Å². The van der Waals surface area contributed by atoms with Gasteiger partial charge in [0.1, 0.15) is 0 Å². The van der Waals surface area contributed by atoms with Crippen LogP contribution in [0.2, 0.25) is 0 Å². The van der Waals surface area contributed by atoms with Crippen molar-refractivity contribution in [1.29, 1.82) is 0 Å². The van der Waals surface area contributed by atoms with Gasteiger partial charge in [-0.1, -0.05) is 39.8 Å². The molecule has 0 aliphatic carbocycles. The number of rotatable bonds is 5. The third-order valence-electron chi connectivity index (χ3n) is 5.59. The summed E-state index contributed by atoms with van der Waals surface area (Å²) in [7, 11) is 0. The van der Waals surface area contributed by atoms with E-state index < -0.39 is 0 Å². The van der Waals surface area contributed by atoms with E-state index in [9.17, 15) is 0 Å². The Morgan fingerprint density at radius 1 is 0.739 bits per heavy atom. The number of hydrogen-bond donors (Lipinski definition) is 0. The monoisotopic (exact) mass is 307 g/mol. The Morgan fingerprint density at radius 3 is 1.52 bits per heavy atom. The standard InChI is InChI=1S/C22H29N/c1-6-15(4)17-9-11-21-19(13-17)20-14-18(16(5)7-2)10-12-22(20)23(21)8-3/h9-16H,6-8H2,1-5H3. The van der Waals surface area contributed by atoms with E-state index in [0.717, 1.165) is 6.54 Å².